The van der Waals surface area contributed by atoms with Crippen molar-refractivity contribution in [2.75, 3.05) is 27.4 Å². The minimum atomic E-state index is -1.86. The third kappa shape index (κ3) is 10.3. The minimum Gasteiger partial charge on any atom is -0.497 e. The van der Waals surface area contributed by atoms with Crippen molar-refractivity contribution in [2.45, 2.75) is 84.9 Å². The third-order valence-corrected chi connectivity index (χ3v) is 11.7. The van der Waals surface area contributed by atoms with Gasteiger partial charge in [0.1, 0.15) is 11.5 Å². The zero-order valence-corrected chi connectivity index (χ0v) is 25.0. The van der Waals surface area contributed by atoms with Gasteiger partial charge in [0.05, 0.1) is 39.1 Å². The maximum atomic E-state index is 12.9. The average Bonchev–Trinajstić information content (AvgIpc) is 2.81. The van der Waals surface area contributed by atoms with Crippen molar-refractivity contribution in [3.05, 3.63) is 53.1 Å². The van der Waals surface area contributed by atoms with E-state index < -0.39 is 20.3 Å². The Hall–Kier alpha value is -1.77. The molecule has 3 atom stereocenters. The maximum absolute atomic E-state index is 12.9. The van der Waals surface area contributed by atoms with Crippen molar-refractivity contribution in [2.24, 2.45) is 5.92 Å². The largest absolute Gasteiger partial charge is 0.497 e. The van der Waals surface area contributed by atoms with E-state index in [0.29, 0.717) is 19.8 Å². The van der Waals surface area contributed by atoms with E-state index in [2.05, 4.69) is 33.9 Å². The fourth-order valence-corrected chi connectivity index (χ4v) is 4.36. The van der Waals surface area contributed by atoms with E-state index in [1.165, 1.54) is 0 Å². The highest BCUT2D eigenvalue weighted by atomic mass is 28.4. The van der Waals surface area contributed by atoms with Crippen molar-refractivity contribution < 1.29 is 28.5 Å². The van der Waals surface area contributed by atoms with Gasteiger partial charge in [-0.2, -0.15) is 0 Å². The lowest BCUT2D eigenvalue weighted by Gasteiger charge is -2.35. The van der Waals surface area contributed by atoms with E-state index in [-0.39, 0.29) is 23.3 Å². The molecule has 7 heteroatoms. The van der Waals surface area contributed by atoms with Crippen molar-refractivity contribution in [3.63, 3.8) is 0 Å². The van der Waals surface area contributed by atoms with E-state index in [1.807, 2.05) is 57.2 Å². The Balaban J connectivity index is 2.60. The SMILES string of the molecule is COc1ccc(COC/C=C(\C)[C@H](OC)[C@@H](C)C(=O)C[C@H](O)/C(C)=C/CO[Si](C)(C)C(C)(C)C)cc1. The summed E-state index contributed by atoms with van der Waals surface area (Å²) in [4.78, 5) is 12.9. The molecule has 0 heterocycles. The fourth-order valence-electron chi connectivity index (χ4n) is 3.43. The number of hydrogen-bond acceptors (Lipinski definition) is 6. The molecule has 0 aromatic heterocycles. The van der Waals surface area contributed by atoms with Crippen LogP contribution in [0.3, 0.4) is 0 Å². The lowest BCUT2D eigenvalue weighted by Crippen LogP contribution is -2.40. The second kappa shape index (κ2) is 14.8. The molecule has 0 aliphatic carbocycles. The van der Waals surface area contributed by atoms with Gasteiger partial charge < -0.3 is 23.7 Å². The van der Waals surface area contributed by atoms with Gasteiger partial charge in [-0.3, -0.25) is 4.79 Å². The molecular formula is C29H48O6Si. The molecule has 0 saturated heterocycles. The van der Waals surface area contributed by atoms with Crippen LogP contribution in [0.25, 0.3) is 0 Å². The number of carbonyl (C=O) groups is 1. The fraction of sp³-hybridized carbons (Fsp3) is 0.621. The lowest BCUT2D eigenvalue weighted by molar-refractivity contribution is -0.127. The molecule has 0 bridgehead atoms. The van der Waals surface area contributed by atoms with Crippen molar-refractivity contribution in [3.8, 4) is 5.75 Å². The molecule has 1 aromatic rings. The molecule has 1 rings (SSSR count). The van der Waals surface area contributed by atoms with Crippen molar-refractivity contribution in [1.82, 2.24) is 0 Å². The predicted molar refractivity (Wildman–Crippen MR) is 149 cm³/mol. The average molecular weight is 521 g/mol. The normalized spacial score (nSPS) is 16.0. The summed E-state index contributed by atoms with van der Waals surface area (Å²) in [5.41, 5.74) is 2.74. The first-order chi connectivity index (χ1) is 16.7. The number of aliphatic hydroxyl groups excluding tert-OH is 1. The summed E-state index contributed by atoms with van der Waals surface area (Å²) in [5.74, 6) is 0.379. The number of Topliss-reactive ketones (excluding diaryl/α,β-unsaturated/α-hetero) is 1. The molecule has 6 nitrogen and oxygen atoms in total. The maximum Gasteiger partial charge on any atom is 0.192 e. The smallest absolute Gasteiger partial charge is 0.192 e. The summed E-state index contributed by atoms with van der Waals surface area (Å²) >= 11 is 0. The number of rotatable bonds is 15. The molecule has 0 unspecified atom stereocenters. The van der Waals surface area contributed by atoms with Gasteiger partial charge in [0.25, 0.3) is 0 Å². The van der Waals surface area contributed by atoms with Gasteiger partial charge in [0, 0.05) is 19.4 Å². The van der Waals surface area contributed by atoms with Crippen LogP contribution >= 0.6 is 0 Å². The Kier molecular flexibility index (Phi) is 13.3. The van der Waals surface area contributed by atoms with Crippen LogP contribution in [0.1, 0.15) is 53.5 Å². The van der Waals surface area contributed by atoms with Gasteiger partial charge in [0.15, 0.2) is 8.32 Å². The monoisotopic (exact) mass is 520 g/mol. The predicted octanol–water partition coefficient (Wildman–Crippen LogP) is 6.10. The van der Waals surface area contributed by atoms with Crippen LogP contribution < -0.4 is 4.74 Å². The first-order valence-electron chi connectivity index (χ1n) is 12.6. The van der Waals surface area contributed by atoms with E-state index in [0.717, 1.165) is 22.5 Å². The summed E-state index contributed by atoms with van der Waals surface area (Å²) in [7, 11) is 1.38. The van der Waals surface area contributed by atoms with Crippen LogP contribution in [0.2, 0.25) is 18.1 Å². The Morgan fingerprint density at radius 3 is 2.14 bits per heavy atom. The summed E-state index contributed by atoms with van der Waals surface area (Å²) in [6.07, 6.45) is 2.67. The van der Waals surface area contributed by atoms with Gasteiger partial charge in [-0.05, 0) is 60.8 Å². The zero-order valence-electron chi connectivity index (χ0n) is 24.0. The highest BCUT2D eigenvalue weighted by molar-refractivity contribution is 6.74. The number of hydrogen-bond donors (Lipinski definition) is 1. The van der Waals surface area contributed by atoms with Gasteiger partial charge in [-0.25, -0.2) is 0 Å². The van der Waals surface area contributed by atoms with Gasteiger partial charge >= 0.3 is 0 Å². The molecule has 36 heavy (non-hydrogen) atoms. The van der Waals surface area contributed by atoms with E-state index >= 15 is 0 Å². The quantitative estimate of drug-likeness (QED) is 0.171. The van der Waals surface area contributed by atoms with Crippen LogP contribution in [0.5, 0.6) is 5.75 Å². The van der Waals surface area contributed by atoms with Gasteiger partial charge in [0.2, 0.25) is 0 Å². The summed E-state index contributed by atoms with van der Waals surface area (Å²) in [5, 5.41) is 10.7. The summed E-state index contributed by atoms with van der Waals surface area (Å²) in [6.45, 7) is 18.0. The molecule has 0 amide bonds. The molecule has 0 saturated carbocycles. The first-order valence-corrected chi connectivity index (χ1v) is 15.6. The molecule has 1 aromatic carbocycles. The molecule has 0 fully saturated rings. The molecular weight excluding hydrogens is 472 g/mol. The van der Waals surface area contributed by atoms with Crippen LogP contribution in [0.4, 0.5) is 0 Å². The summed E-state index contributed by atoms with van der Waals surface area (Å²) in [6, 6.07) is 7.74. The highest BCUT2D eigenvalue weighted by Crippen LogP contribution is 2.36. The van der Waals surface area contributed by atoms with E-state index in [9.17, 15) is 9.90 Å². The van der Waals surface area contributed by atoms with Gasteiger partial charge in [-0.1, -0.05) is 52.0 Å². The third-order valence-electron chi connectivity index (χ3n) is 7.19. The van der Waals surface area contributed by atoms with Crippen LogP contribution in [-0.4, -0.2) is 58.8 Å². The molecule has 0 aliphatic rings. The molecule has 1 N–H and O–H groups in total. The van der Waals surface area contributed by atoms with Crippen molar-refractivity contribution >= 4 is 14.1 Å². The Labute approximate surface area is 219 Å². The molecule has 0 aliphatic heterocycles. The van der Waals surface area contributed by atoms with Gasteiger partial charge in [-0.15, -0.1) is 0 Å². The Bertz CT molecular complexity index is 867. The standard InChI is InChI=1S/C29H48O6Si/c1-21(16-18-35-36(9,10)29(4,5)6)26(30)19-27(31)23(3)28(33-8)22(2)15-17-34-20-24-11-13-25(32-7)14-12-24/h11-16,23,26,28,30H,17-20H2,1-10H3/b21-16+,22-15+/t23-,26-,28-/m0/s1. The van der Waals surface area contributed by atoms with Crippen LogP contribution in [0.15, 0.2) is 47.6 Å². The summed E-state index contributed by atoms with van der Waals surface area (Å²) < 4.78 is 22.7. The minimum absolute atomic E-state index is 0.0423. The molecule has 0 spiro atoms. The second-order valence-corrected chi connectivity index (χ2v) is 15.8. The topological polar surface area (TPSA) is 74.2 Å². The van der Waals surface area contributed by atoms with Crippen LogP contribution in [-0.2, 0) is 25.3 Å². The number of ether oxygens (including phenoxy) is 3. The Morgan fingerprint density at radius 2 is 1.61 bits per heavy atom. The number of aliphatic hydroxyl groups is 1. The first kappa shape index (κ1) is 32.3. The Morgan fingerprint density at radius 1 is 1.03 bits per heavy atom. The molecule has 204 valence electrons. The lowest BCUT2D eigenvalue weighted by atomic mass is 9.90. The van der Waals surface area contributed by atoms with E-state index in [1.54, 1.807) is 14.2 Å². The van der Waals surface area contributed by atoms with Crippen molar-refractivity contribution in [1.29, 1.82) is 0 Å². The number of ketones is 1. The van der Waals surface area contributed by atoms with E-state index in [4.69, 9.17) is 18.6 Å². The van der Waals surface area contributed by atoms with Crippen LogP contribution in [0, 0.1) is 5.92 Å². The number of methoxy groups -OCH3 is 2. The second-order valence-electron chi connectivity index (χ2n) is 11.0. The number of carbonyl (C=O) groups excluding carboxylic acids is 1. The highest BCUT2D eigenvalue weighted by Gasteiger charge is 2.36. The molecule has 0 radical (unpaired) electrons. The number of benzene rings is 1. The zero-order chi connectivity index (χ0) is 27.5.